The van der Waals surface area contributed by atoms with Crippen molar-refractivity contribution >= 4 is 29.4 Å². The topological polar surface area (TPSA) is 64.8 Å². The highest BCUT2D eigenvalue weighted by Gasteiger charge is 2.14. The molecule has 7 heteroatoms. The Morgan fingerprint density at radius 3 is 2.89 bits per heavy atom. The smallest absolute Gasteiger partial charge is 0.307 e. The maximum absolute atomic E-state index is 11.2. The van der Waals surface area contributed by atoms with Crippen molar-refractivity contribution in [3.05, 3.63) is 10.5 Å². The molecule has 1 N–H and O–H groups in total. The van der Waals surface area contributed by atoms with Crippen LogP contribution in [0.4, 0.5) is 0 Å². The number of hydrogen-bond donors (Lipinski definition) is 1. The molecule has 0 radical (unpaired) electrons. The summed E-state index contributed by atoms with van der Waals surface area (Å²) < 4.78 is 8.92. The fourth-order valence-corrected chi connectivity index (χ4v) is 2.32. The van der Waals surface area contributed by atoms with Gasteiger partial charge in [0.05, 0.1) is 19.2 Å². The van der Waals surface area contributed by atoms with Crippen LogP contribution in [0, 0.1) is 4.77 Å². The summed E-state index contributed by atoms with van der Waals surface area (Å²) in [7, 11) is 3.26. The highest BCUT2D eigenvalue weighted by Crippen LogP contribution is 2.18. The number of carbonyl (C=O) groups excluding carboxylic acids is 1. The fourth-order valence-electron chi connectivity index (χ4n) is 2.04. The van der Waals surface area contributed by atoms with Crippen LogP contribution in [0.2, 0.25) is 0 Å². The van der Waals surface area contributed by atoms with E-state index in [4.69, 9.17) is 12.2 Å². The van der Waals surface area contributed by atoms with Gasteiger partial charge < -0.3 is 14.3 Å². The maximum Gasteiger partial charge on any atom is 0.307 e. The lowest BCUT2D eigenvalue weighted by Gasteiger charge is -2.03. The first kappa shape index (κ1) is 12.8. The summed E-state index contributed by atoms with van der Waals surface area (Å²) in [5.74, 6) is -0.246. The maximum atomic E-state index is 11.2. The Morgan fingerprint density at radius 2 is 2.28 bits per heavy atom. The first-order chi connectivity index (χ1) is 8.58. The van der Waals surface area contributed by atoms with Gasteiger partial charge in [-0.3, -0.25) is 9.48 Å². The summed E-state index contributed by atoms with van der Waals surface area (Å²) in [6.07, 6.45) is 1.13. The van der Waals surface area contributed by atoms with E-state index in [-0.39, 0.29) is 5.97 Å². The zero-order valence-corrected chi connectivity index (χ0v) is 11.5. The third kappa shape index (κ3) is 2.05. The highest BCUT2D eigenvalue weighted by molar-refractivity contribution is 7.71. The van der Waals surface area contributed by atoms with Gasteiger partial charge in [-0.25, -0.2) is 0 Å². The van der Waals surface area contributed by atoms with E-state index < -0.39 is 0 Å². The number of hydrogen-bond acceptors (Lipinski definition) is 4. The van der Waals surface area contributed by atoms with Crippen LogP contribution in [0.3, 0.4) is 0 Å². The molecule has 0 atom stereocenters. The van der Waals surface area contributed by atoms with E-state index in [9.17, 15) is 4.79 Å². The van der Waals surface area contributed by atoms with Crippen LogP contribution in [0.25, 0.3) is 11.2 Å². The molecule has 0 fully saturated rings. The van der Waals surface area contributed by atoms with Gasteiger partial charge in [0, 0.05) is 13.6 Å². The normalized spacial score (nSPS) is 11.1. The number of esters is 1. The van der Waals surface area contributed by atoms with Crippen molar-refractivity contribution in [2.24, 2.45) is 7.05 Å². The van der Waals surface area contributed by atoms with Gasteiger partial charge in [-0.2, -0.15) is 5.10 Å². The Labute approximate surface area is 110 Å². The molecule has 2 aromatic heterocycles. The monoisotopic (exact) mass is 268 g/mol. The zero-order valence-electron chi connectivity index (χ0n) is 10.7. The number of methoxy groups -OCH3 is 1. The average molecular weight is 268 g/mol. The van der Waals surface area contributed by atoms with Gasteiger partial charge in [-0.15, -0.1) is 0 Å². The van der Waals surface area contributed by atoms with Gasteiger partial charge in [0.2, 0.25) is 0 Å². The van der Waals surface area contributed by atoms with Gasteiger partial charge in [0.15, 0.2) is 10.4 Å². The minimum absolute atomic E-state index is 0.246. The standard InChI is InChI=1S/C11H16N4O2S/c1-4-7-9-10(14(2)13-7)15(11(18)12-9)6-5-8(16)17-3/h4-6H2,1-3H3,(H,12,18). The van der Waals surface area contributed by atoms with Crippen LogP contribution in [0.1, 0.15) is 19.0 Å². The number of H-pyrrole nitrogens is 1. The number of aromatic amines is 1. The van der Waals surface area contributed by atoms with Crippen LogP contribution < -0.4 is 0 Å². The molecule has 0 unspecified atom stereocenters. The number of ether oxygens (including phenoxy) is 1. The van der Waals surface area contributed by atoms with Crippen LogP contribution in [0.15, 0.2) is 0 Å². The SMILES string of the molecule is CCc1nn(C)c2c1[nH]c(=S)n2CCC(=O)OC. The summed E-state index contributed by atoms with van der Waals surface area (Å²) in [5.41, 5.74) is 2.85. The predicted octanol–water partition coefficient (Wildman–Crippen LogP) is 1.56. The second kappa shape index (κ2) is 4.93. The molecule has 2 heterocycles. The van der Waals surface area contributed by atoms with Crippen molar-refractivity contribution < 1.29 is 9.53 Å². The van der Waals surface area contributed by atoms with E-state index in [0.717, 1.165) is 23.3 Å². The van der Waals surface area contributed by atoms with Crippen LogP contribution in [-0.2, 0) is 29.5 Å². The molecule has 0 saturated carbocycles. The molecule has 0 aliphatic carbocycles. The van der Waals surface area contributed by atoms with E-state index in [1.165, 1.54) is 7.11 Å². The first-order valence-electron chi connectivity index (χ1n) is 5.79. The summed E-state index contributed by atoms with van der Waals surface area (Å²) >= 11 is 5.28. The Hall–Kier alpha value is -1.63. The molecule has 0 spiro atoms. The number of rotatable bonds is 4. The third-order valence-corrected chi connectivity index (χ3v) is 3.25. The summed E-state index contributed by atoms with van der Waals surface area (Å²) in [5, 5.41) is 4.42. The number of nitrogens with one attached hydrogen (secondary N) is 1. The molecule has 18 heavy (non-hydrogen) atoms. The molecule has 6 nitrogen and oxygen atoms in total. The van der Waals surface area contributed by atoms with E-state index in [0.29, 0.717) is 17.7 Å². The Kier molecular flexibility index (Phi) is 3.51. The summed E-state index contributed by atoms with van der Waals surface area (Å²) in [4.78, 5) is 14.3. The molecule has 0 aliphatic rings. The number of nitrogens with zero attached hydrogens (tertiary/aromatic N) is 3. The minimum atomic E-state index is -0.246. The van der Waals surface area contributed by atoms with Gasteiger partial charge >= 0.3 is 5.97 Å². The molecule has 2 rings (SSSR count). The highest BCUT2D eigenvalue weighted by atomic mass is 32.1. The molecule has 0 aromatic carbocycles. The third-order valence-electron chi connectivity index (χ3n) is 2.92. The Bertz CT molecular complexity index is 637. The Balaban J connectivity index is 2.44. The zero-order chi connectivity index (χ0) is 13.3. The van der Waals surface area contributed by atoms with Crippen molar-refractivity contribution in [2.75, 3.05) is 7.11 Å². The van der Waals surface area contributed by atoms with Crippen LogP contribution in [0.5, 0.6) is 0 Å². The fraction of sp³-hybridized carbons (Fsp3) is 0.545. The Morgan fingerprint density at radius 1 is 1.56 bits per heavy atom. The lowest BCUT2D eigenvalue weighted by molar-refractivity contribution is -0.140. The number of aromatic nitrogens is 4. The van der Waals surface area contributed by atoms with Crippen LogP contribution >= 0.6 is 12.2 Å². The molecule has 0 aliphatic heterocycles. The first-order valence-corrected chi connectivity index (χ1v) is 6.20. The number of imidazole rings is 1. The minimum Gasteiger partial charge on any atom is -0.469 e. The van der Waals surface area contributed by atoms with Crippen molar-refractivity contribution in [1.29, 1.82) is 0 Å². The van der Waals surface area contributed by atoms with E-state index in [1.54, 1.807) is 4.68 Å². The molecule has 0 amide bonds. The van der Waals surface area contributed by atoms with Gasteiger partial charge in [0.1, 0.15) is 5.52 Å². The largest absolute Gasteiger partial charge is 0.469 e. The summed E-state index contributed by atoms with van der Waals surface area (Å²) in [6, 6.07) is 0. The molecular weight excluding hydrogens is 252 g/mol. The van der Waals surface area contributed by atoms with Crippen molar-refractivity contribution in [1.82, 2.24) is 19.3 Å². The van der Waals surface area contributed by atoms with Gasteiger partial charge in [-0.05, 0) is 18.6 Å². The number of aryl methyl sites for hydroxylation is 3. The number of carbonyl (C=O) groups is 1. The second-order valence-corrected chi connectivity index (χ2v) is 4.42. The molecule has 98 valence electrons. The molecule has 0 saturated heterocycles. The predicted molar refractivity (Wildman–Crippen MR) is 69.9 cm³/mol. The average Bonchev–Trinajstić information content (AvgIpc) is 2.84. The second-order valence-electron chi connectivity index (χ2n) is 4.03. The van der Waals surface area contributed by atoms with E-state index >= 15 is 0 Å². The van der Waals surface area contributed by atoms with Crippen molar-refractivity contribution in [3.8, 4) is 0 Å². The molecular formula is C11H16N4O2S. The molecule has 0 bridgehead atoms. The van der Waals surface area contributed by atoms with Crippen molar-refractivity contribution in [3.63, 3.8) is 0 Å². The van der Waals surface area contributed by atoms with E-state index in [2.05, 4.69) is 14.8 Å². The van der Waals surface area contributed by atoms with Crippen molar-refractivity contribution in [2.45, 2.75) is 26.3 Å². The lowest BCUT2D eigenvalue weighted by atomic mass is 10.3. The van der Waals surface area contributed by atoms with Gasteiger partial charge in [0.25, 0.3) is 0 Å². The quantitative estimate of drug-likeness (QED) is 0.675. The van der Waals surface area contributed by atoms with Crippen LogP contribution in [-0.4, -0.2) is 32.4 Å². The summed E-state index contributed by atoms with van der Waals surface area (Å²) in [6.45, 7) is 2.54. The van der Waals surface area contributed by atoms with Gasteiger partial charge in [-0.1, -0.05) is 6.92 Å². The number of fused-ring (bicyclic) bond motifs is 1. The lowest BCUT2D eigenvalue weighted by Crippen LogP contribution is -2.09. The molecule has 2 aromatic rings. The van der Waals surface area contributed by atoms with E-state index in [1.807, 2.05) is 18.5 Å².